The normalized spacial score (nSPS) is 14.8. The molecule has 0 spiro atoms. The molecule has 28 heavy (non-hydrogen) atoms. The van der Waals surface area contributed by atoms with Crippen LogP contribution in [0.15, 0.2) is 42.5 Å². The van der Waals surface area contributed by atoms with E-state index in [1.54, 1.807) is 12.1 Å². The minimum absolute atomic E-state index is 0.0854. The lowest BCUT2D eigenvalue weighted by Gasteiger charge is -2.18. The second kappa shape index (κ2) is 7.53. The number of urea groups is 1. The second-order valence-corrected chi connectivity index (χ2v) is 6.43. The lowest BCUT2D eigenvalue weighted by atomic mass is 10.1. The van der Waals surface area contributed by atoms with Crippen molar-refractivity contribution in [3.8, 4) is 5.75 Å². The number of benzene rings is 2. The second-order valence-electron chi connectivity index (χ2n) is 6.43. The van der Waals surface area contributed by atoms with E-state index in [0.29, 0.717) is 6.61 Å². The Hall–Kier alpha value is -3.03. The molecule has 1 heterocycles. The number of nitrogens with zero attached hydrogens (tertiary/aromatic N) is 2. The fraction of sp³-hybridized carbons (Fsp3) is 0.300. The number of imide groups is 1. The SMILES string of the molecule is CCOc1ccc(CN2C(=O)CN(c3ccc(C(F)(F)F)cc3)C2=O)cc1C. The van der Waals surface area contributed by atoms with Crippen molar-refractivity contribution in [2.75, 3.05) is 18.1 Å². The first-order chi connectivity index (χ1) is 13.2. The smallest absolute Gasteiger partial charge is 0.416 e. The number of carbonyl (C=O) groups excluding carboxylic acids is 2. The molecule has 5 nitrogen and oxygen atoms in total. The van der Waals surface area contributed by atoms with Crippen molar-refractivity contribution in [3.05, 3.63) is 59.2 Å². The Morgan fingerprint density at radius 3 is 2.32 bits per heavy atom. The van der Waals surface area contributed by atoms with Crippen LogP contribution in [0.3, 0.4) is 0 Å². The lowest BCUT2D eigenvalue weighted by Crippen LogP contribution is -2.32. The van der Waals surface area contributed by atoms with Gasteiger partial charge in [0.05, 0.1) is 18.7 Å². The van der Waals surface area contributed by atoms with Crippen LogP contribution in [0.2, 0.25) is 0 Å². The van der Waals surface area contributed by atoms with Gasteiger partial charge >= 0.3 is 12.2 Å². The van der Waals surface area contributed by atoms with Crippen molar-refractivity contribution in [2.24, 2.45) is 0 Å². The van der Waals surface area contributed by atoms with Crippen LogP contribution in [0.1, 0.15) is 23.6 Å². The number of hydrogen-bond acceptors (Lipinski definition) is 3. The van der Waals surface area contributed by atoms with Crippen molar-refractivity contribution in [1.29, 1.82) is 0 Å². The highest BCUT2D eigenvalue weighted by Crippen LogP contribution is 2.31. The van der Waals surface area contributed by atoms with Gasteiger partial charge in [-0.1, -0.05) is 12.1 Å². The molecule has 1 fully saturated rings. The van der Waals surface area contributed by atoms with Gasteiger partial charge in [0.25, 0.3) is 5.91 Å². The molecular formula is C20H19F3N2O3. The molecule has 1 saturated heterocycles. The number of halogens is 3. The van der Waals surface area contributed by atoms with Gasteiger partial charge in [0.1, 0.15) is 12.3 Å². The predicted octanol–water partition coefficient (Wildman–Crippen LogP) is 4.38. The van der Waals surface area contributed by atoms with E-state index in [1.165, 1.54) is 17.0 Å². The first-order valence-corrected chi connectivity index (χ1v) is 8.72. The maximum Gasteiger partial charge on any atom is 0.416 e. The van der Waals surface area contributed by atoms with Crippen LogP contribution in [-0.4, -0.2) is 30.0 Å². The number of hydrogen-bond donors (Lipinski definition) is 0. The molecule has 8 heteroatoms. The Bertz CT molecular complexity index is 895. The highest BCUT2D eigenvalue weighted by Gasteiger charge is 2.37. The molecule has 3 rings (SSSR count). The Kier molecular flexibility index (Phi) is 5.31. The van der Waals surface area contributed by atoms with Gasteiger partial charge < -0.3 is 4.74 Å². The number of alkyl halides is 3. The molecule has 0 bridgehead atoms. The summed E-state index contributed by atoms with van der Waals surface area (Å²) < 4.78 is 43.6. The zero-order chi connectivity index (χ0) is 20.5. The summed E-state index contributed by atoms with van der Waals surface area (Å²) in [7, 11) is 0. The third-order valence-electron chi connectivity index (χ3n) is 4.44. The summed E-state index contributed by atoms with van der Waals surface area (Å²) in [6.45, 7) is 4.16. The van der Waals surface area contributed by atoms with Gasteiger partial charge in [-0.2, -0.15) is 13.2 Å². The molecule has 0 N–H and O–H groups in total. The highest BCUT2D eigenvalue weighted by molar-refractivity contribution is 6.12. The third kappa shape index (κ3) is 3.95. The zero-order valence-electron chi connectivity index (χ0n) is 15.4. The summed E-state index contributed by atoms with van der Waals surface area (Å²) in [6.07, 6.45) is -4.46. The standard InChI is InChI=1S/C20H19F3N2O3/c1-3-28-17-9-4-14(10-13(17)2)11-25-18(26)12-24(19(25)27)16-7-5-15(6-8-16)20(21,22)23/h4-10H,3,11-12H2,1-2H3. The highest BCUT2D eigenvalue weighted by atomic mass is 19.4. The summed E-state index contributed by atoms with van der Waals surface area (Å²) in [5, 5.41) is 0. The first-order valence-electron chi connectivity index (χ1n) is 8.72. The molecule has 2 aromatic rings. The van der Waals surface area contributed by atoms with Crippen LogP contribution in [0.25, 0.3) is 0 Å². The van der Waals surface area contributed by atoms with Gasteiger partial charge in [0, 0.05) is 5.69 Å². The maximum atomic E-state index is 12.7. The van der Waals surface area contributed by atoms with E-state index in [1.807, 2.05) is 19.9 Å². The Morgan fingerprint density at radius 1 is 1.07 bits per heavy atom. The van der Waals surface area contributed by atoms with Gasteiger partial charge in [-0.25, -0.2) is 4.79 Å². The van der Waals surface area contributed by atoms with E-state index in [2.05, 4.69) is 0 Å². The van der Waals surface area contributed by atoms with E-state index >= 15 is 0 Å². The van der Waals surface area contributed by atoms with Crippen molar-refractivity contribution >= 4 is 17.6 Å². The minimum Gasteiger partial charge on any atom is -0.494 e. The Labute approximate surface area is 160 Å². The molecule has 0 radical (unpaired) electrons. The van der Waals surface area contributed by atoms with Crippen LogP contribution in [0.4, 0.5) is 23.7 Å². The minimum atomic E-state index is -4.46. The zero-order valence-corrected chi connectivity index (χ0v) is 15.4. The van der Waals surface area contributed by atoms with Crippen LogP contribution >= 0.6 is 0 Å². The third-order valence-corrected chi connectivity index (χ3v) is 4.44. The van der Waals surface area contributed by atoms with E-state index in [9.17, 15) is 22.8 Å². The van der Waals surface area contributed by atoms with E-state index < -0.39 is 23.7 Å². The van der Waals surface area contributed by atoms with Crippen LogP contribution in [-0.2, 0) is 17.5 Å². The molecule has 1 aliphatic heterocycles. The molecular weight excluding hydrogens is 373 g/mol. The van der Waals surface area contributed by atoms with E-state index in [0.717, 1.165) is 33.9 Å². The number of amides is 3. The first kappa shape index (κ1) is 19.7. The number of aryl methyl sites for hydroxylation is 1. The predicted molar refractivity (Wildman–Crippen MR) is 97.1 cm³/mol. The van der Waals surface area contributed by atoms with Crippen molar-refractivity contribution < 1.29 is 27.5 Å². The van der Waals surface area contributed by atoms with Gasteiger partial charge in [0.2, 0.25) is 0 Å². The average molecular weight is 392 g/mol. The monoisotopic (exact) mass is 392 g/mol. The fourth-order valence-electron chi connectivity index (χ4n) is 3.04. The topological polar surface area (TPSA) is 49.9 Å². The molecule has 0 aromatic heterocycles. The summed E-state index contributed by atoms with van der Waals surface area (Å²) in [5.41, 5.74) is 1.09. The molecule has 3 amide bonds. The number of ether oxygens (including phenoxy) is 1. The summed E-state index contributed by atoms with van der Waals surface area (Å²) in [4.78, 5) is 27.2. The van der Waals surface area contributed by atoms with Crippen molar-refractivity contribution in [1.82, 2.24) is 4.90 Å². The summed E-state index contributed by atoms with van der Waals surface area (Å²) >= 11 is 0. The van der Waals surface area contributed by atoms with Gasteiger partial charge in [-0.05, 0) is 55.3 Å². The van der Waals surface area contributed by atoms with Gasteiger partial charge in [0.15, 0.2) is 0 Å². The largest absolute Gasteiger partial charge is 0.494 e. The summed E-state index contributed by atoms with van der Waals surface area (Å²) in [5.74, 6) is 0.327. The summed E-state index contributed by atoms with van der Waals surface area (Å²) in [6, 6.07) is 9.02. The number of rotatable bonds is 5. The van der Waals surface area contributed by atoms with E-state index in [4.69, 9.17) is 4.74 Å². The quantitative estimate of drug-likeness (QED) is 0.710. The lowest BCUT2D eigenvalue weighted by molar-refractivity contribution is -0.137. The average Bonchev–Trinajstić information content (AvgIpc) is 2.92. The molecule has 1 aliphatic rings. The molecule has 148 valence electrons. The molecule has 0 atom stereocenters. The maximum absolute atomic E-state index is 12.7. The van der Waals surface area contributed by atoms with E-state index in [-0.39, 0.29) is 18.8 Å². The molecule has 0 aliphatic carbocycles. The van der Waals surface area contributed by atoms with Gasteiger partial charge in [-0.15, -0.1) is 0 Å². The molecule has 2 aromatic carbocycles. The van der Waals surface area contributed by atoms with Gasteiger partial charge in [-0.3, -0.25) is 14.6 Å². The molecule has 0 unspecified atom stereocenters. The molecule has 0 saturated carbocycles. The van der Waals surface area contributed by atoms with Crippen LogP contribution in [0, 0.1) is 6.92 Å². The number of anilines is 1. The number of carbonyl (C=O) groups is 2. The van der Waals surface area contributed by atoms with Crippen LogP contribution < -0.4 is 9.64 Å². The van der Waals surface area contributed by atoms with Crippen LogP contribution in [0.5, 0.6) is 5.75 Å². The van der Waals surface area contributed by atoms with Crippen molar-refractivity contribution in [2.45, 2.75) is 26.6 Å². The van der Waals surface area contributed by atoms with Crippen molar-refractivity contribution in [3.63, 3.8) is 0 Å². The Balaban J connectivity index is 1.76. The fourth-order valence-corrected chi connectivity index (χ4v) is 3.04. The Morgan fingerprint density at radius 2 is 1.75 bits per heavy atom.